The molecule has 6 nitrogen and oxygen atoms in total. The molecule has 2 aromatic rings. The van der Waals surface area contributed by atoms with Gasteiger partial charge in [0, 0.05) is 11.8 Å². The second-order valence-electron chi connectivity index (χ2n) is 6.58. The summed E-state index contributed by atoms with van der Waals surface area (Å²) in [4.78, 5) is 27.9. The fourth-order valence-corrected chi connectivity index (χ4v) is 3.35. The van der Waals surface area contributed by atoms with Crippen LogP contribution < -0.4 is 16.0 Å². The number of aryl methyl sites for hydroxylation is 1. The van der Waals surface area contributed by atoms with Crippen molar-refractivity contribution in [3.05, 3.63) is 74.5 Å². The number of fused-ring (bicyclic) bond motifs is 1. The van der Waals surface area contributed by atoms with Gasteiger partial charge in [-0.1, -0.05) is 25.5 Å². The number of aromatic nitrogens is 1. The lowest BCUT2D eigenvalue weighted by atomic mass is 9.83. The fourth-order valence-electron chi connectivity index (χ4n) is 3.35. The van der Waals surface area contributed by atoms with Gasteiger partial charge < -0.3 is 20.2 Å². The van der Waals surface area contributed by atoms with Crippen molar-refractivity contribution in [3.63, 3.8) is 0 Å². The number of rotatable bonds is 4. The van der Waals surface area contributed by atoms with Gasteiger partial charge >= 0.3 is 12.1 Å². The molecule has 0 saturated carbocycles. The number of hydrogen-bond acceptors (Lipinski definition) is 5. The molecule has 0 radical (unpaired) electrons. The summed E-state index contributed by atoms with van der Waals surface area (Å²) in [6.45, 7) is 1.94. The molecular formula is C20H19F3N2O4. The largest absolute Gasteiger partial charge is 0.465 e. The number of benzene rings is 1. The zero-order chi connectivity index (χ0) is 21.3. The first-order valence-corrected chi connectivity index (χ1v) is 8.86. The molecule has 29 heavy (non-hydrogen) atoms. The summed E-state index contributed by atoms with van der Waals surface area (Å²) >= 11 is 0. The maximum atomic E-state index is 12.9. The molecule has 2 heterocycles. The molecule has 1 unspecified atom stereocenters. The molecule has 3 N–H and O–H groups in total. The van der Waals surface area contributed by atoms with Crippen LogP contribution in [0.15, 0.2) is 46.6 Å². The highest BCUT2D eigenvalue weighted by Crippen LogP contribution is 2.41. The number of esters is 1. The van der Waals surface area contributed by atoms with Gasteiger partial charge in [-0.3, -0.25) is 4.79 Å². The van der Waals surface area contributed by atoms with E-state index in [2.05, 4.69) is 4.98 Å². The average Bonchev–Trinajstić information content (AvgIpc) is 2.66. The number of methoxy groups -OCH3 is 1. The van der Waals surface area contributed by atoms with Crippen LogP contribution in [0.25, 0.3) is 0 Å². The van der Waals surface area contributed by atoms with Gasteiger partial charge in [-0.25, -0.2) is 4.79 Å². The van der Waals surface area contributed by atoms with E-state index in [0.717, 1.165) is 25.7 Å². The molecule has 1 aromatic carbocycles. The van der Waals surface area contributed by atoms with Gasteiger partial charge in [0.1, 0.15) is 11.3 Å². The summed E-state index contributed by atoms with van der Waals surface area (Å²) in [7, 11) is 1.14. The quantitative estimate of drug-likeness (QED) is 0.758. The number of nitrogens with two attached hydrogens (primary N) is 1. The van der Waals surface area contributed by atoms with E-state index >= 15 is 0 Å². The molecule has 1 atom stereocenters. The number of halogens is 3. The molecule has 0 aliphatic carbocycles. The smallest absolute Gasteiger partial charge is 0.416 e. The molecular weight excluding hydrogens is 389 g/mol. The van der Waals surface area contributed by atoms with E-state index in [1.165, 1.54) is 12.1 Å². The van der Waals surface area contributed by atoms with E-state index in [1.807, 2.05) is 6.92 Å². The summed E-state index contributed by atoms with van der Waals surface area (Å²) in [5, 5.41) is 0. The van der Waals surface area contributed by atoms with E-state index < -0.39 is 29.2 Å². The summed E-state index contributed by atoms with van der Waals surface area (Å²) < 4.78 is 49.1. The first-order valence-electron chi connectivity index (χ1n) is 8.86. The molecule has 0 amide bonds. The van der Waals surface area contributed by atoms with Crippen LogP contribution >= 0.6 is 0 Å². The van der Waals surface area contributed by atoms with Crippen molar-refractivity contribution in [2.45, 2.75) is 31.9 Å². The summed E-state index contributed by atoms with van der Waals surface area (Å²) in [6.07, 6.45) is -3.15. The molecule has 0 fully saturated rings. The fraction of sp³-hybridized carbons (Fsp3) is 0.300. The standard InChI is InChI=1S/C20H19F3N2O4/c1-3-4-12-9-13-15(18(26)25-12)14(16(17(24)29-13)19(27)28-2)10-5-7-11(8-6-10)20(21,22)23/h5-9,14H,3-4,24H2,1-2H3,(H,25,26). The molecule has 1 aliphatic heterocycles. The normalized spacial score (nSPS) is 16.2. The maximum absolute atomic E-state index is 12.9. The van der Waals surface area contributed by atoms with Gasteiger partial charge in [-0.15, -0.1) is 0 Å². The Bertz CT molecular complexity index is 1020. The number of carbonyl (C=O) groups is 1. The Kier molecular flexibility index (Phi) is 5.41. The van der Waals surface area contributed by atoms with Gasteiger partial charge in [-0.2, -0.15) is 13.2 Å². The Hall–Kier alpha value is -3.23. The first kappa shape index (κ1) is 20.5. The van der Waals surface area contributed by atoms with Crippen molar-refractivity contribution in [2.24, 2.45) is 5.73 Å². The highest BCUT2D eigenvalue weighted by Gasteiger charge is 2.38. The Labute approximate surface area is 164 Å². The van der Waals surface area contributed by atoms with Gasteiger partial charge in [0.25, 0.3) is 5.56 Å². The van der Waals surface area contributed by atoms with E-state index in [4.69, 9.17) is 15.2 Å². The van der Waals surface area contributed by atoms with Crippen molar-refractivity contribution in [2.75, 3.05) is 7.11 Å². The average molecular weight is 408 g/mol. The Morgan fingerprint density at radius 1 is 1.28 bits per heavy atom. The number of hydrogen-bond donors (Lipinski definition) is 2. The second kappa shape index (κ2) is 7.65. The van der Waals surface area contributed by atoms with Crippen LogP contribution in [0.2, 0.25) is 0 Å². The number of alkyl halides is 3. The predicted octanol–water partition coefficient (Wildman–Crippen LogP) is 3.21. The van der Waals surface area contributed by atoms with Crippen molar-refractivity contribution >= 4 is 5.97 Å². The molecule has 1 aromatic heterocycles. The van der Waals surface area contributed by atoms with Gasteiger partial charge in [-0.05, 0) is 24.1 Å². The van der Waals surface area contributed by atoms with Gasteiger partial charge in [0.15, 0.2) is 0 Å². The summed E-state index contributed by atoms with van der Waals surface area (Å²) in [5.41, 5.74) is 5.41. The van der Waals surface area contributed by atoms with Crippen LogP contribution in [0.3, 0.4) is 0 Å². The third-order valence-corrected chi connectivity index (χ3v) is 4.65. The SMILES string of the molecule is CCCc1cc2c(c(=O)[nH]1)C(c1ccc(C(F)(F)F)cc1)C(C(=O)OC)=C(N)O2. The molecule has 0 bridgehead atoms. The van der Waals surface area contributed by atoms with Crippen molar-refractivity contribution in [1.82, 2.24) is 4.98 Å². The Morgan fingerprint density at radius 3 is 2.48 bits per heavy atom. The molecule has 0 spiro atoms. The molecule has 9 heteroatoms. The lowest BCUT2D eigenvalue weighted by Gasteiger charge is -2.28. The van der Waals surface area contributed by atoms with Crippen LogP contribution in [0.4, 0.5) is 13.2 Å². The van der Waals surface area contributed by atoms with Crippen LogP contribution in [-0.4, -0.2) is 18.1 Å². The van der Waals surface area contributed by atoms with Crippen LogP contribution in [0.5, 0.6) is 5.75 Å². The summed E-state index contributed by atoms with van der Waals surface area (Å²) in [5.74, 6) is -1.97. The van der Waals surface area contributed by atoms with Crippen LogP contribution in [-0.2, 0) is 22.1 Å². The third kappa shape index (κ3) is 3.85. The Balaban J connectivity index is 2.21. The van der Waals surface area contributed by atoms with E-state index in [1.54, 1.807) is 6.07 Å². The minimum atomic E-state index is -4.52. The van der Waals surface area contributed by atoms with Crippen molar-refractivity contribution < 1.29 is 27.4 Å². The van der Waals surface area contributed by atoms with Crippen molar-refractivity contribution in [1.29, 1.82) is 0 Å². The van der Waals surface area contributed by atoms with Crippen LogP contribution in [0, 0.1) is 0 Å². The molecule has 1 aliphatic rings. The minimum absolute atomic E-state index is 0.0826. The van der Waals surface area contributed by atoms with E-state index in [-0.39, 0.29) is 28.3 Å². The predicted molar refractivity (Wildman–Crippen MR) is 98.2 cm³/mol. The number of aromatic amines is 1. The third-order valence-electron chi connectivity index (χ3n) is 4.65. The van der Waals surface area contributed by atoms with Crippen molar-refractivity contribution in [3.8, 4) is 5.75 Å². The summed E-state index contributed by atoms with van der Waals surface area (Å²) in [6, 6.07) is 5.79. The molecule has 0 saturated heterocycles. The molecule has 154 valence electrons. The zero-order valence-electron chi connectivity index (χ0n) is 15.7. The lowest BCUT2D eigenvalue weighted by Crippen LogP contribution is -2.32. The number of H-pyrrole nitrogens is 1. The lowest BCUT2D eigenvalue weighted by molar-refractivity contribution is -0.138. The monoisotopic (exact) mass is 408 g/mol. The van der Waals surface area contributed by atoms with Gasteiger partial charge in [0.2, 0.25) is 5.88 Å². The topological polar surface area (TPSA) is 94.4 Å². The van der Waals surface area contributed by atoms with E-state index in [9.17, 15) is 22.8 Å². The highest BCUT2D eigenvalue weighted by atomic mass is 19.4. The number of ether oxygens (including phenoxy) is 2. The zero-order valence-corrected chi connectivity index (χ0v) is 15.7. The van der Waals surface area contributed by atoms with Gasteiger partial charge in [0.05, 0.1) is 24.2 Å². The Morgan fingerprint density at radius 2 is 1.93 bits per heavy atom. The van der Waals surface area contributed by atoms with Crippen LogP contribution in [0.1, 0.15) is 41.6 Å². The minimum Gasteiger partial charge on any atom is -0.465 e. The number of pyridine rings is 1. The molecule has 3 rings (SSSR count). The second-order valence-corrected chi connectivity index (χ2v) is 6.58. The van der Waals surface area contributed by atoms with E-state index in [0.29, 0.717) is 12.1 Å². The number of carbonyl (C=O) groups excluding carboxylic acids is 1. The highest BCUT2D eigenvalue weighted by molar-refractivity contribution is 5.92. The maximum Gasteiger partial charge on any atom is 0.416 e. The number of nitrogens with one attached hydrogen (secondary N) is 1. The first-order chi connectivity index (χ1) is 13.7.